The molecule has 3 fully saturated rings. The Morgan fingerprint density at radius 3 is 2.57 bits per heavy atom. The Kier molecular flexibility index (Phi) is 3.04. The van der Waals surface area contributed by atoms with Crippen molar-refractivity contribution in [3.05, 3.63) is 18.0 Å². The van der Waals surface area contributed by atoms with Crippen molar-refractivity contribution < 1.29 is 9.53 Å². The van der Waals surface area contributed by atoms with Crippen LogP contribution in [0.3, 0.4) is 0 Å². The number of ether oxygens (including phenoxy) is 1. The van der Waals surface area contributed by atoms with Gasteiger partial charge in [-0.2, -0.15) is 5.10 Å². The molecule has 5 atom stereocenters. The third-order valence-corrected chi connectivity index (χ3v) is 5.36. The van der Waals surface area contributed by atoms with Gasteiger partial charge in [0.25, 0.3) is 0 Å². The predicted molar refractivity (Wildman–Crippen MR) is 76.5 cm³/mol. The molecule has 1 N–H and O–H groups in total. The van der Waals surface area contributed by atoms with Gasteiger partial charge < -0.3 is 15.0 Å². The van der Waals surface area contributed by atoms with Gasteiger partial charge in [0.15, 0.2) is 0 Å². The Hall–Kier alpha value is -1.40. The molecular weight excluding hydrogens is 268 g/mol. The first-order valence-electron chi connectivity index (χ1n) is 7.77. The molecule has 5 unspecified atom stereocenters. The fourth-order valence-electron chi connectivity index (χ4n) is 4.34. The largest absolute Gasteiger partial charge is 0.374 e. The average molecular weight is 290 g/mol. The number of nitrogens with zero attached hydrogens (tertiary/aromatic N) is 3. The predicted octanol–water partition coefficient (Wildman–Crippen LogP) is 0.316. The van der Waals surface area contributed by atoms with Gasteiger partial charge in [-0.3, -0.25) is 9.48 Å². The molecular formula is C15H22N4O2. The van der Waals surface area contributed by atoms with Gasteiger partial charge in [-0.1, -0.05) is 0 Å². The number of fused-ring (bicyclic) bond motifs is 5. The Balaban J connectivity index is 1.50. The standard InChI is InChI=1S/C15H22N4O2/c1-16-14(9-5-17-18(2)6-9)15(20)19-7-10-11(8-19)13-4-3-12(10)21-13/h5-6,10-14,16H,3-4,7-8H2,1-2H3. The van der Waals surface area contributed by atoms with Crippen molar-refractivity contribution in [2.45, 2.75) is 31.1 Å². The van der Waals surface area contributed by atoms with Gasteiger partial charge in [0.05, 0.1) is 18.4 Å². The number of aromatic nitrogens is 2. The van der Waals surface area contributed by atoms with E-state index in [-0.39, 0.29) is 11.9 Å². The van der Waals surface area contributed by atoms with E-state index in [0.717, 1.165) is 18.7 Å². The van der Waals surface area contributed by atoms with E-state index < -0.39 is 0 Å². The molecule has 0 radical (unpaired) electrons. The summed E-state index contributed by atoms with van der Waals surface area (Å²) in [6.07, 6.45) is 6.80. The third-order valence-electron chi connectivity index (χ3n) is 5.36. The third kappa shape index (κ3) is 2.00. The molecule has 6 heteroatoms. The molecule has 1 aromatic rings. The number of likely N-dealkylation sites (N-methyl/N-ethyl adjacent to an activating group) is 1. The molecule has 2 bridgehead atoms. The monoisotopic (exact) mass is 290 g/mol. The second kappa shape index (κ2) is 4.81. The highest BCUT2D eigenvalue weighted by atomic mass is 16.5. The van der Waals surface area contributed by atoms with Crippen molar-refractivity contribution in [3.63, 3.8) is 0 Å². The molecule has 1 amide bonds. The second-order valence-electron chi connectivity index (χ2n) is 6.53. The van der Waals surface area contributed by atoms with Crippen LogP contribution in [-0.4, -0.2) is 52.9 Å². The normalized spacial score (nSPS) is 35.2. The minimum Gasteiger partial charge on any atom is -0.374 e. The van der Waals surface area contributed by atoms with E-state index in [0.29, 0.717) is 24.0 Å². The topological polar surface area (TPSA) is 59.4 Å². The van der Waals surface area contributed by atoms with Crippen molar-refractivity contribution in [1.29, 1.82) is 0 Å². The summed E-state index contributed by atoms with van der Waals surface area (Å²) in [7, 11) is 3.70. The minimum atomic E-state index is -0.295. The molecule has 0 spiro atoms. The van der Waals surface area contributed by atoms with Crippen LogP contribution < -0.4 is 5.32 Å². The van der Waals surface area contributed by atoms with Crippen LogP contribution in [0.1, 0.15) is 24.4 Å². The van der Waals surface area contributed by atoms with Crippen LogP contribution in [0.2, 0.25) is 0 Å². The zero-order chi connectivity index (χ0) is 14.6. The molecule has 114 valence electrons. The molecule has 3 saturated heterocycles. The summed E-state index contributed by atoms with van der Waals surface area (Å²) in [4.78, 5) is 14.9. The van der Waals surface area contributed by atoms with E-state index in [1.165, 1.54) is 12.8 Å². The summed E-state index contributed by atoms with van der Waals surface area (Å²) < 4.78 is 7.71. The minimum absolute atomic E-state index is 0.166. The lowest BCUT2D eigenvalue weighted by atomic mass is 9.82. The summed E-state index contributed by atoms with van der Waals surface area (Å²) >= 11 is 0. The number of carbonyl (C=O) groups excluding carboxylic acids is 1. The Morgan fingerprint density at radius 2 is 2.05 bits per heavy atom. The first-order valence-corrected chi connectivity index (χ1v) is 7.77. The summed E-state index contributed by atoms with van der Waals surface area (Å²) in [6, 6.07) is -0.295. The fraction of sp³-hybridized carbons (Fsp3) is 0.733. The van der Waals surface area contributed by atoms with Crippen molar-refractivity contribution in [2.75, 3.05) is 20.1 Å². The van der Waals surface area contributed by atoms with E-state index in [1.807, 2.05) is 25.2 Å². The quantitative estimate of drug-likeness (QED) is 0.871. The van der Waals surface area contributed by atoms with Crippen LogP contribution >= 0.6 is 0 Å². The Labute approximate surface area is 124 Å². The van der Waals surface area contributed by atoms with Crippen LogP contribution in [0, 0.1) is 11.8 Å². The van der Waals surface area contributed by atoms with E-state index in [1.54, 1.807) is 10.9 Å². The smallest absolute Gasteiger partial charge is 0.244 e. The molecule has 21 heavy (non-hydrogen) atoms. The van der Waals surface area contributed by atoms with E-state index in [4.69, 9.17) is 4.74 Å². The van der Waals surface area contributed by atoms with Gasteiger partial charge in [-0.05, 0) is 19.9 Å². The lowest BCUT2D eigenvalue weighted by molar-refractivity contribution is -0.133. The maximum absolute atomic E-state index is 12.8. The highest BCUT2D eigenvalue weighted by molar-refractivity contribution is 5.83. The molecule has 4 rings (SSSR count). The van der Waals surface area contributed by atoms with Gasteiger partial charge in [-0.15, -0.1) is 0 Å². The number of carbonyl (C=O) groups is 1. The molecule has 0 saturated carbocycles. The van der Waals surface area contributed by atoms with Crippen molar-refractivity contribution in [3.8, 4) is 0 Å². The van der Waals surface area contributed by atoms with Gasteiger partial charge >= 0.3 is 0 Å². The summed E-state index contributed by atoms with van der Waals surface area (Å²) in [5.41, 5.74) is 0.932. The molecule has 0 aromatic carbocycles. The second-order valence-corrected chi connectivity index (χ2v) is 6.53. The van der Waals surface area contributed by atoms with Crippen LogP contribution in [0.5, 0.6) is 0 Å². The van der Waals surface area contributed by atoms with Crippen LogP contribution in [0.4, 0.5) is 0 Å². The van der Waals surface area contributed by atoms with Crippen LogP contribution in [0.15, 0.2) is 12.4 Å². The lowest BCUT2D eigenvalue weighted by Gasteiger charge is -2.24. The number of hydrogen-bond acceptors (Lipinski definition) is 4. The van der Waals surface area contributed by atoms with Gasteiger partial charge in [0.2, 0.25) is 5.91 Å². The molecule has 3 aliphatic rings. The zero-order valence-corrected chi connectivity index (χ0v) is 12.5. The molecule has 1 aromatic heterocycles. The van der Waals surface area contributed by atoms with Crippen LogP contribution in [0.25, 0.3) is 0 Å². The number of rotatable bonds is 3. The van der Waals surface area contributed by atoms with Crippen molar-refractivity contribution in [2.24, 2.45) is 18.9 Å². The molecule has 3 aliphatic heterocycles. The van der Waals surface area contributed by atoms with Gasteiger partial charge in [0, 0.05) is 43.7 Å². The Bertz CT molecular complexity index is 540. The van der Waals surface area contributed by atoms with Crippen molar-refractivity contribution >= 4 is 5.91 Å². The fourth-order valence-corrected chi connectivity index (χ4v) is 4.34. The Morgan fingerprint density at radius 1 is 1.38 bits per heavy atom. The number of aryl methyl sites for hydroxylation is 1. The lowest BCUT2D eigenvalue weighted by Crippen LogP contribution is -2.39. The molecule has 0 aliphatic carbocycles. The summed E-state index contributed by atoms with van der Waals surface area (Å²) in [5.74, 6) is 1.28. The number of amides is 1. The SMILES string of the molecule is CNC(C(=O)N1CC2C3CCC(O3)C2C1)c1cnn(C)c1. The van der Waals surface area contributed by atoms with Gasteiger partial charge in [0.1, 0.15) is 6.04 Å². The number of nitrogens with one attached hydrogen (secondary N) is 1. The maximum atomic E-state index is 12.8. The maximum Gasteiger partial charge on any atom is 0.244 e. The molecule has 4 heterocycles. The zero-order valence-electron chi connectivity index (χ0n) is 12.5. The summed E-state index contributed by atoms with van der Waals surface area (Å²) in [5, 5.41) is 7.31. The highest BCUT2D eigenvalue weighted by Crippen LogP contribution is 2.47. The van der Waals surface area contributed by atoms with Gasteiger partial charge in [-0.25, -0.2) is 0 Å². The number of likely N-dealkylation sites (tertiary alicyclic amines) is 1. The van der Waals surface area contributed by atoms with E-state index in [2.05, 4.69) is 10.4 Å². The van der Waals surface area contributed by atoms with Crippen molar-refractivity contribution in [1.82, 2.24) is 20.0 Å². The summed E-state index contributed by atoms with van der Waals surface area (Å²) in [6.45, 7) is 1.70. The molecule has 6 nitrogen and oxygen atoms in total. The number of hydrogen-bond donors (Lipinski definition) is 1. The van der Waals surface area contributed by atoms with E-state index in [9.17, 15) is 4.79 Å². The first-order chi connectivity index (χ1) is 10.2. The highest BCUT2D eigenvalue weighted by Gasteiger charge is 2.54. The average Bonchev–Trinajstić information content (AvgIpc) is 3.20. The van der Waals surface area contributed by atoms with E-state index >= 15 is 0 Å². The van der Waals surface area contributed by atoms with Crippen LogP contribution in [-0.2, 0) is 16.6 Å². The first kappa shape index (κ1) is 13.3.